The molecule has 0 aliphatic carbocycles. The van der Waals surface area contributed by atoms with Gasteiger partial charge in [0.1, 0.15) is 5.75 Å². The molecular formula is C15H22N2O5. The zero-order valence-corrected chi connectivity index (χ0v) is 12.8. The number of nitrogens with zero attached hydrogens (tertiary/aromatic N) is 1. The number of benzene rings is 1. The minimum Gasteiger partial charge on any atom is -0.495 e. The summed E-state index contributed by atoms with van der Waals surface area (Å²) in [6.07, 6.45) is 0.0545. The Morgan fingerprint density at radius 3 is 2.55 bits per heavy atom. The highest BCUT2D eigenvalue weighted by Crippen LogP contribution is 2.29. The molecule has 7 nitrogen and oxygen atoms in total. The van der Waals surface area contributed by atoms with Crippen molar-refractivity contribution in [3.63, 3.8) is 0 Å². The summed E-state index contributed by atoms with van der Waals surface area (Å²) in [5.74, 6) is -1.11. The van der Waals surface area contributed by atoms with Crippen molar-refractivity contribution in [2.45, 2.75) is 19.9 Å². The SMILES string of the molecule is CCN(CCC(=O)O)c1ccc(CNCC(=O)O)cc1OC. The van der Waals surface area contributed by atoms with Gasteiger partial charge in [0.25, 0.3) is 0 Å². The van der Waals surface area contributed by atoms with Gasteiger partial charge in [-0.3, -0.25) is 9.59 Å². The van der Waals surface area contributed by atoms with Crippen molar-refractivity contribution in [1.29, 1.82) is 0 Å². The highest BCUT2D eigenvalue weighted by Gasteiger charge is 2.12. The second-order valence-corrected chi connectivity index (χ2v) is 4.73. The third-order valence-electron chi connectivity index (χ3n) is 3.17. The van der Waals surface area contributed by atoms with E-state index in [4.69, 9.17) is 14.9 Å². The van der Waals surface area contributed by atoms with Gasteiger partial charge >= 0.3 is 11.9 Å². The fourth-order valence-electron chi connectivity index (χ4n) is 2.09. The summed E-state index contributed by atoms with van der Waals surface area (Å²) in [6, 6.07) is 5.56. The molecule has 0 aliphatic rings. The molecule has 0 atom stereocenters. The van der Waals surface area contributed by atoms with E-state index in [0.717, 1.165) is 11.3 Å². The van der Waals surface area contributed by atoms with Crippen LogP contribution in [0.4, 0.5) is 5.69 Å². The quantitative estimate of drug-likeness (QED) is 0.596. The number of anilines is 1. The van der Waals surface area contributed by atoms with Crippen LogP contribution < -0.4 is 15.0 Å². The van der Waals surface area contributed by atoms with Crippen LogP contribution in [0.25, 0.3) is 0 Å². The van der Waals surface area contributed by atoms with Gasteiger partial charge in [0.05, 0.1) is 25.8 Å². The Bertz CT molecular complexity index is 519. The Hall–Kier alpha value is -2.28. The summed E-state index contributed by atoms with van der Waals surface area (Å²) in [5, 5.41) is 20.2. The largest absolute Gasteiger partial charge is 0.495 e. The maximum atomic E-state index is 10.7. The van der Waals surface area contributed by atoms with E-state index in [1.54, 1.807) is 7.11 Å². The predicted octanol–water partition coefficient (Wildman–Crippen LogP) is 1.17. The fourth-order valence-corrected chi connectivity index (χ4v) is 2.09. The standard InChI is InChI=1S/C15H22N2O5/c1-3-17(7-6-14(18)19)12-5-4-11(8-13(12)22-2)9-16-10-15(20)21/h4-5,8,16H,3,6-7,9-10H2,1-2H3,(H,18,19)(H,20,21). The van der Waals surface area contributed by atoms with Crippen LogP contribution in [0.1, 0.15) is 18.9 Å². The van der Waals surface area contributed by atoms with Gasteiger partial charge in [-0.15, -0.1) is 0 Å². The van der Waals surface area contributed by atoms with Crippen molar-refractivity contribution in [1.82, 2.24) is 5.32 Å². The Morgan fingerprint density at radius 1 is 1.27 bits per heavy atom. The van der Waals surface area contributed by atoms with Crippen molar-refractivity contribution < 1.29 is 24.5 Å². The minimum absolute atomic E-state index is 0.0545. The highest BCUT2D eigenvalue weighted by molar-refractivity contribution is 5.69. The van der Waals surface area contributed by atoms with Crippen molar-refractivity contribution in [3.05, 3.63) is 23.8 Å². The van der Waals surface area contributed by atoms with Crippen molar-refractivity contribution >= 4 is 17.6 Å². The fraction of sp³-hybridized carbons (Fsp3) is 0.467. The number of carboxylic acid groups (broad SMARTS) is 2. The first kappa shape index (κ1) is 17.8. The summed E-state index contributed by atoms with van der Waals surface area (Å²) in [4.78, 5) is 23.1. The van der Waals surface area contributed by atoms with Crippen molar-refractivity contribution in [2.24, 2.45) is 0 Å². The molecule has 0 amide bonds. The zero-order chi connectivity index (χ0) is 16.5. The Labute approximate surface area is 129 Å². The molecule has 0 heterocycles. The van der Waals surface area contributed by atoms with E-state index in [-0.39, 0.29) is 13.0 Å². The van der Waals surface area contributed by atoms with Crippen molar-refractivity contribution in [2.75, 3.05) is 31.6 Å². The van der Waals surface area contributed by atoms with Crippen molar-refractivity contribution in [3.8, 4) is 5.75 Å². The smallest absolute Gasteiger partial charge is 0.317 e. The van der Waals surface area contributed by atoms with Gasteiger partial charge in [-0.1, -0.05) is 6.07 Å². The molecule has 0 bridgehead atoms. The number of hydrogen-bond acceptors (Lipinski definition) is 5. The molecule has 0 fully saturated rings. The third-order valence-corrected chi connectivity index (χ3v) is 3.17. The van der Waals surface area contributed by atoms with Gasteiger partial charge in [0.2, 0.25) is 0 Å². The van der Waals surface area contributed by atoms with E-state index >= 15 is 0 Å². The molecule has 3 N–H and O–H groups in total. The maximum absolute atomic E-state index is 10.7. The topological polar surface area (TPSA) is 99.1 Å². The van der Waals surface area contributed by atoms with Crippen LogP contribution in [-0.4, -0.2) is 48.9 Å². The lowest BCUT2D eigenvalue weighted by Crippen LogP contribution is -2.26. The first-order valence-corrected chi connectivity index (χ1v) is 7.04. The van der Waals surface area contributed by atoms with Gasteiger partial charge in [-0.2, -0.15) is 0 Å². The van der Waals surface area contributed by atoms with Gasteiger partial charge < -0.3 is 25.2 Å². The van der Waals surface area contributed by atoms with E-state index in [2.05, 4.69) is 5.32 Å². The summed E-state index contributed by atoms with van der Waals surface area (Å²) >= 11 is 0. The maximum Gasteiger partial charge on any atom is 0.317 e. The Morgan fingerprint density at radius 2 is 2.00 bits per heavy atom. The number of carboxylic acids is 2. The van der Waals surface area contributed by atoms with E-state index in [1.165, 1.54) is 0 Å². The van der Waals surface area contributed by atoms with Gasteiger partial charge in [-0.25, -0.2) is 0 Å². The second kappa shape index (κ2) is 8.89. The van der Waals surface area contributed by atoms with Crippen LogP contribution in [0, 0.1) is 0 Å². The molecule has 22 heavy (non-hydrogen) atoms. The number of ether oxygens (including phenoxy) is 1. The molecule has 7 heteroatoms. The first-order valence-electron chi connectivity index (χ1n) is 7.04. The number of carbonyl (C=O) groups is 2. The Kier molecular flexibility index (Phi) is 7.18. The van der Waals surface area contributed by atoms with Gasteiger partial charge in [0, 0.05) is 19.6 Å². The van der Waals surface area contributed by atoms with Crippen LogP contribution >= 0.6 is 0 Å². The number of nitrogens with one attached hydrogen (secondary N) is 1. The van der Waals surface area contributed by atoms with E-state index in [9.17, 15) is 9.59 Å². The van der Waals surface area contributed by atoms with Crippen LogP contribution in [0.5, 0.6) is 5.75 Å². The minimum atomic E-state index is -0.908. The highest BCUT2D eigenvalue weighted by atomic mass is 16.5. The van der Waals surface area contributed by atoms with Crippen LogP contribution in [-0.2, 0) is 16.1 Å². The molecule has 0 spiro atoms. The number of methoxy groups -OCH3 is 1. The molecule has 1 rings (SSSR count). The Balaban J connectivity index is 2.82. The van der Waals surface area contributed by atoms with Crippen LogP contribution in [0.3, 0.4) is 0 Å². The number of hydrogen-bond donors (Lipinski definition) is 3. The van der Waals surface area contributed by atoms with E-state index in [1.807, 2.05) is 30.0 Å². The second-order valence-electron chi connectivity index (χ2n) is 4.73. The lowest BCUT2D eigenvalue weighted by molar-refractivity contribution is -0.137. The monoisotopic (exact) mass is 310 g/mol. The summed E-state index contributed by atoms with van der Waals surface area (Å²) in [7, 11) is 1.55. The average Bonchev–Trinajstić information content (AvgIpc) is 2.48. The lowest BCUT2D eigenvalue weighted by Gasteiger charge is -2.24. The van der Waals surface area contributed by atoms with Crippen LogP contribution in [0.2, 0.25) is 0 Å². The van der Waals surface area contributed by atoms with Crippen LogP contribution in [0.15, 0.2) is 18.2 Å². The van der Waals surface area contributed by atoms with E-state index in [0.29, 0.717) is 25.4 Å². The molecule has 1 aromatic rings. The summed E-state index contributed by atoms with van der Waals surface area (Å²) < 4.78 is 5.37. The average molecular weight is 310 g/mol. The predicted molar refractivity (Wildman–Crippen MR) is 82.5 cm³/mol. The van der Waals surface area contributed by atoms with Gasteiger partial charge in [-0.05, 0) is 24.6 Å². The summed E-state index contributed by atoms with van der Waals surface area (Å²) in [6.45, 7) is 3.33. The van der Waals surface area contributed by atoms with E-state index < -0.39 is 11.9 Å². The third kappa shape index (κ3) is 5.61. The zero-order valence-electron chi connectivity index (χ0n) is 12.8. The molecule has 122 valence electrons. The first-order chi connectivity index (χ1) is 10.5. The molecule has 0 saturated heterocycles. The van der Waals surface area contributed by atoms with Gasteiger partial charge in [0.15, 0.2) is 0 Å². The molecule has 0 radical (unpaired) electrons. The summed E-state index contributed by atoms with van der Waals surface area (Å²) in [5.41, 5.74) is 1.73. The number of rotatable bonds is 10. The normalized spacial score (nSPS) is 10.3. The lowest BCUT2D eigenvalue weighted by atomic mass is 10.1. The molecule has 0 unspecified atom stereocenters. The molecular weight excluding hydrogens is 288 g/mol. The molecule has 1 aromatic carbocycles. The molecule has 0 aliphatic heterocycles. The number of aliphatic carboxylic acids is 2. The molecule has 0 aromatic heterocycles. The molecule has 0 saturated carbocycles.